The van der Waals surface area contributed by atoms with Gasteiger partial charge in [0.1, 0.15) is 5.56 Å². The van der Waals surface area contributed by atoms with Crippen LogP contribution < -0.4 is 10.9 Å². The minimum atomic E-state index is -0.301. The maximum atomic E-state index is 12.7. The van der Waals surface area contributed by atoms with Crippen molar-refractivity contribution in [2.45, 2.75) is 45.3 Å². The second-order valence-electron chi connectivity index (χ2n) is 7.30. The molecule has 0 bridgehead atoms. The Bertz CT molecular complexity index is 839. The van der Waals surface area contributed by atoms with Crippen LogP contribution in [0.5, 0.6) is 0 Å². The van der Waals surface area contributed by atoms with Crippen LogP contribution in [0, 0.1) is 6.92 Å². The summed E-state index contributed by atoms with van der Waals surface area (Å²) < 4.78 is 1.59. The first-order chi connectivity index (χ1) is 12.5. The molecule has 0 radical (unpaired) electrons. The van der Waals surface area contributed by atoms with E-state index in [4.69, 9.17) is 0 Å². The number of nitrogens with one attached hydrogen (secondary N) is 1. The first-order valence-electron chi connectivity index (χ1n) is 9.21. The molecule has 1 aliphatic carbocycles. The molecule has 0 aliphatic heterocycles. The van der Waals surface area contributed by atoms with E-state index in [2.05, 4.69) is 30.3 Å². The van der Waals surface area contributed by atoms with E-state index in [-0.39, 0.29) is 23.1 Å². The van der Waals surface area contributed by atoms with Crippen molar-refractivity contribution in [3.05, 3.63) is 69.6 Å². The summed E-state index contributed by atoms with van der Waals surface area (Å²) in [6, 6.07) is 12.3. The number of hydrogen-bond donors (Lipinski definition) is 1. The lowest BCUT2D eigenvalue weighted by Gasteiger charge is -2.24. The summed E-state index contributed by atoms with van der Waals surface area (Å²) in [6.45, 7) is 5.12. The van der Waals surface area contributed by atoms with E-state index in [9.17, 15) is 9.59 Å². The Morgan fingerprint density at radius 2 is 2.08 bits per heavy atom. The molecule has 1 amide bonds. The Morgan fingerprint density at radius 1 is 1.31 bits per heavy atom. The molecule has 5 heteroatoms. The summed E-state index contributed by atoms with van der Waals surface area (Å²) >= 11 is 0. The van der Waals surface area contributed by atoms with Crippen LogP contribution in [0.15, 0.2) is 47.4 Å². The van der Waals surface area contributed by atoms with Crippen LogP contribution in [0.25, 0.3) is 0 Å². The number of carbonyl (C=O) groups excluding carboxylic acids is 1. The number of rotatable bonds is 7. The van der Waals surface area contributed by atoms with Crippen molar-refractivity contribution in [3.8, 4) is 0 Å². The van der Waals surface area contributed by atoms with Gasteiger partial charge in [-0.15, -0.1) is 0 Å². The second kappa shape index (κ2) is 7.87. The van der Waals surface area contributed by atoms with E-state index >= 15 is 0 Å². The van der Waals surface area contributed by atoms with Crippen molar-refractivity contribution in [1.29, 1.82) is 0 Å². The zero-order chi connectivity index (χ0) is 18.7. The molecule has 26 heavy (non-hydrogen) atoms. The fourth-order valence-corrected chi connectivity index (χ4v) is 3.16. The number of benzene rings is 1. The number of likely N-dealkylation sites (N-methyl/N-ethyl adjacent to an activating group) is 1. The average Bonchev–Trinajstić information content (AvgIpc) is 3.45. The van der Waals surface area contributed by atoms with E-state index < -0.39 is 0 Å². The highest BCUT2D eigenvalue weighted by atomic mass is 16.2. The van der Waals surface area contributed by atoms with Crippen LogP contribution in [-0.2, 0) is 6.54 Å². The van der Waals surface area contributed by atoms with Gasteiger partial charge in [-0.3, -0.25) is 14.5 Å². The zero-order valence-corrected chi connectivity index (χ0v) is 15.7. The fourth-order valence-electron chi connectivity index (χ4n) is 3.16. The van der Waals surface area contributed by atoms with E-state index in [1.807, 2.05) is 25.1 Å². The van der Waals surface area contributed by atoms with Gasteiger partial charge in [0.25, 0.3) is 11.5 Å². The van der Waals surface area contributed by atoms with Gasteiger partial charge in [-0.2, -0.15) is 0 Å². The Morgan fingerprint density at radius 3 is 2.77 bits per heavy atom. The van der Waals surface area contributed by atoms with Gasteiger partial charge in [-0.25, -0.2) is 0 Å². The maximum Gasteiger partial charge on any atom is 0.263 e. The monoisotopic (exact) mass is 353 g/mol. The predicted molar refractivity (Wildman–Crippen MR) is 104 cm³/mol. The molecule has 3 rings (SSSR count). The first kappa shape index (κ1) is 18.4. The summed E-state index contributed by atoms with van der Waals surface area (Å²) in [5, 5.41) is 2.91. The first-order valence-corrected chi connectivity index (χ1v) is 9.21. The topological polar surface area (TPSA) is 54.3 Å². The van der Waals surface area contributed by atoms with Crippen LogP contribution in [0.1, 0.15) is 41.3 Å². The fraction of sp³-hybridized carbons (Fsp3) is 0.429. The average molecular weight is 353 g/mol. The van der Waals surface area contributed by atoms with Crippen LogP contribution in [0.3, 0.4) is 0 Å². The third-order valence-corrected chi connectivity index (χ3v) is 5.08. The highest BCUT2D eigenvalue weighted by Crippen LogP contribution is 2.26. The zero-order valence-electron chi connectivity index (χ0n) is 15.7. The number of hydrogen-bond acceptors (Lipinski definition) is 3. The Labute approximate surface area is 154 Å². The van der Waals surface area contributed by atoms with Gasteiger partial charge in [0.2, 0.25) is 0 Å². The molecule has 1 aromatic heterocycles. The lowest BCUT2D eigenvalue weighted by molar-refractivity contribution is 0.0937. The van der Waals surface area contributed by atoms with Gasteiger partial charge in [0.15, 0.2) is 0 Å². The predicted octanol–water partition coefficient (Wildman–Crippen LogP) is 2.42. The summed E-state index contributed by atoms with van der Waals surface area (Å²) in [5.74, 6) is -0.301. The third-order valence-electron chi connectivity index (χ3n) is 5.08. The highest BCUT2D eigenvalue weighted by Gasteiger charge is 2.29. The van der Waals surface area contributed by atoms with Gasteiger partial charge in [-0.1, -0.05) is 29.8 Å². The molecule has 1 atom stereocenters. The van der Waals surface area contributed by atoms with Crippen molar-refractivity contribution >= 4 is 5.91 Å². The molecule has 1 aliphatic rings. The second-order valence-corrected chi connectivity index (χ2v) is 7.30. The van der Waals surface area contributed by atoms with Crippen molar-refractivity contribution < 1.29 is 4.79 Å². The molecule has 2 aromatic rings. The molecule has 1 fully saturated rings. The molecule has 1 saturated carbocycles. The van der Waals surface area contributed by atoms with Crippen LogP contribution in [0.4, 0.5) is 0 Å². The molecular weight excluding hydrogens is 326 g/mol. The molecule has 138 valence electrons. The quantitative estimate of drug-likeness (QED) is 0.832. The van der Waals surface area contributed by atoms with Crippen molar-refractivity contribution in [2.24, 2.45) is 0 Å². The molecule has 0 saturated heterocycles. The number of aromatic nitrogens is 1. The molecule has 1 N–H and O–H groups in total. The summed E-state index contributed by atoms with van der Waals surface area (Å²) in [4.78, 5) is 27.5. The number of aryl methyl sites for hydroxylation is 1. The van der Waals surface area contributed by atoms with Gasteiger partial charge in [-0.05, 0) is 51.4 Å². The number of nitrogens with zero attached hydrogens (tertiary/aromatic N) is 2. The van der Waals surface area contributed by atoms with E-state index in [0.29, 0.717) is 19.1 Å². The van der Waals surface area contributed by atoms with E-state index in [0.717, 1.165) is 11.1 Å². The normalized spacial score (nSPS) is 15.1. The molecule has 1 aromatic carbocycles. The lowest BCUT2D eigenvalue weighted by atomic mass is 10.1. The SMILES string of the molecule is Cc1cccc(Cn2cccc(C(=O)NCC(C)N(C)C3CC3)c2=O)c1. The standard InChI is InChI=1S/C21H27N3O2/c1-15-6-4-7-17(12-15)14-24-11-5-8-19(21(24)26)20(25)22-13-16(2)23(3)18-9-10-18/h4-8,11-12,16,18H,9-10,13-14H2,1-3H3,(H,22,25). The number of pyridine rings is 1. The molecule has 1 unspecified atom stereocenters. The van der Waals surface area contributed by atoms with Crippen molar-refractivity contribution in [3.63, 3.8) is 0 Å². The van der Waals surface area contributed by atoms with Gasteiger partial charge in [0, 0.05) is 24.8 Å². The Hall–Kier alpha value is -2.40. The largest absolute Gasteiger partial charge is 0.350 e. The smallest absolute Gasteiger partial charge is 0.263 e. The number of amides is 1. The molecule has 1 heterocycles. The van der Waals surface area contributed by atoms with Crippen LogP contribution in [0.2, 0.25) is 0 Å². The highest BCUT2D eigenvalue weighted by molar-refractivity contribution is 5.93. The Balaban J connectivity index is 1.67. The van der Waals surface area contributed by atoms with Crippen LogP contribution in [-0.4, -0.2) is 41.1 Å². The Kier molecular flexibility index (Phi) is 5.57. The molecule has 5 nitrogen and oxygen atoms in total. The summed E-state index contributed by atoms with van der Waals surface area (Å²) in [5.41, 5.74) is 2.14. The van der Waals surface area contributed by atoms with Crippen LogP contribution >= 0.6 is 0 Å². The molecular formula is C21H27N3O2. The molecule has 0 spiro atoms. The third kappa shape index (κ3) is 4.41. The number of carbonyl (C=O) groups is 1. The maximum absolute atomic E-state index is 12.7. The van der Waals surface area contributed by atoms with Gasteiger partial charge in [0.05, 0.1) is 6.54 Å². The summed E-state index contributed by atoms with van der Waals surface area (Å²) in [7, 11) is 2.09. The van der Waals surface area contributed by atoms with Gasteiger partial charge < -0.3 is 9.88 Å². The van der Waals surface area contributed by atoms with E-state index in [1.165, 1.54) is 12.8 Å². The minimum Gasteiger partial charge on any atom is -0.350 e. The van der Waals surface area contributed by atoms with E-state index in [1.54, 1.807) is 22.9 Å². The van der Waals surface area contributed by atoms with Crippen molar-refractivity contribution in [2.75, 3.05) is 13.6 Å². The minimum absolute atomic E-state index is 0.196. The van der Waals surface area contributed by atoms with Gasteiger partial charge >= 0.3 is 0 Å². The summed E-state index contributed by atoms with van der Waals surface area (Å²) in [6.07, 6.45) is 4.19. The lowest BCUT2D eigenvalue weighted by Crippen LogP contribution is -2.42. The van der Waals surface area contributed by atoms with Crippen molar-refractivity contribution in [1.82, 2.24) is 14.8 Å².